The number of ketones is 1. The Morgan fingerprint density at radius 1 is 0.746 bits per heavy atom. The van der Waals surface area contributed by atoms with E-state index in [4.69, 9.17) is 14.2 Å². The number of allylic oxidation sites excluding steroid dienone is 2. The number of aliphatic hydroxyl groups excluding tert-OH is 3. The van der Waals surface area contributed by atoms with Crippen LogP contribution in [0.2, 0.25) is 0 Å². The Kier molecular flexibility index (Phi) is 24.0. The van der Waals surface area contributed by atoms with Crippen LogP contribution in [-0.2, 0) is 30.3 Å². The molecule has 0 radical (unpaired) electrons. The van der Waals surface area contributed by atoms with Crippen LogP contribution < -0.4 is 0 Å². The molecule has 0 aliphatic carbocycles. The lowest BCUT2D eigenvalue weighted by Gasteiger charge is -2.44. The lowest BCUT2D eigenvalue weighted by atomic mass is 9.75. The summed E-state index contributed by atoms with van der Waals surface area (Å²) in [6, 6.07) is 10.6. The Balaban J connectivity index is 1.34. The molecule has 13 heteroatoms. The number of hydrogen-bond donors (Lipinski definition) is 3. The van der Waals surface area contributed by atoms with Crippen molar-refractivity contribution in [1.82, 2.24) is 24.5 Å². The van der Waals surface area contributed by atoms with Gasteiger partial charge in [-0.25, -0.2) is 0 Å². The molecule has 402 valence electrons. The van der Waals surface area contributed by atoms with Gasteiger partial charge in [-0.1, -0.05) is 61.7 Å². The van der Waals surface area contributed by atoms with Crippen molar-refractivity contribution in [2.45, 2.75) is 192 Å². The first kappa shape index (κ1) is 57.7. The van der Waals surface area contributed by atoms with Gasteiger partial charge in [-0.3, -0.25) is 9.59 Å². The number of piperidine rings is 3. The fourth-order valence-electron chi connectivity index (χ4n) is 12.7. The highest BCUT2D eigenvalue weighted by Crippen LogP contribution is 2.36. The van der Waals surface area contributed by atoms with Crippen LogP contribution in [0.15, 0.2) is 54.1 Å². The van der Waals surface area contributed by atoms with E-state index in [0.29, 0.717) is 32.2 Å². The summed E-state index contributed by atoms with van der Waals surface area (Å²) in [6.07, 6.45) is 16.5. The third-order valence-corrected chi connectivity index (χ3v) is 17.0. The van der Waals surface area contributed by atoms with E-state index in [9.17, 15) is 20.1 Å². The maximum absolute atomic E-state index is 15.0. The SMILES string of the molecule is CC(CC1=C\[C@H](CN(C)Cc2ccccc2)COC(=O)C[C@@H](O)[C@@H](CC(C)N2CCCCC2)[C@H](CCO[C@@H]2O[C@H](C)[C@@H](O)[C@H](N(C)C)[C@H]2O)CC[C@H](CC(C)N2CCCCC2)C(=O)\C=C\1)N1CCCCC1. The molecule has 5 heterocycles. The van der Waals surface area contributed by atoms with E-state index < -0.39 is 42.7 Å². The molecular weight excluding hydrogens is 895 g/mol. The molecule has 0 saturated carbocycles. The summed E-state index contributed by atoms with van der Waals surface area (Å²) in [5.41, 5.74) is 2.30. The van der Waals surface area contributed by atoms with Gasteiger partial charge in [0.05, 0.1) is 44.0 Å². The molecule has 0 spiro atoms. The second-order valence-electron chi connectivity index (χ2n) is 22.9. The molecule has 0 bridgehead atoms. The summed E-state index contributed by atoms with van der Waals surface area (Å²) in [4.78, 5) is 41.0. The molecule has 1 aromatic rings. The van der Waals surface area contributed by atoms with E-state index in [1.54, 1.807) is 6.92 Å². The standard InChI is InChI=1S/C58H97N5O8/c1-42(61-27-14-9-15-28-61)34-47-22-25-52(64)50(35-43(2)62-29-16-10-17-30-62)24-23-49(26-33-69-58-57(68)55(59(5)6)56(67)45(4)71-58)51(36-44(3)63-31-18-11-19-32-63)53(65)38-54(66)70-41-48(37-47)40-60(7)39-46-20-12-8-13-21-46/h8,12-13,20-22,25,37,42-45,48-51,53,55-58,65,67-68H,9-11,14-19,23-24,26-36,38-41H2,1-7H3/b25-22+,47-37-/t42?,43?,44?,45-,48-,49+,50-,51+,53-,55+,56-,57-,58-/m1/s1. The van der Waals surface area contributed by atoms with Gasteiger partial charge in [-0.05, 0) is 194 Å². The third kappa shape index (κ3) is 18.1. The Morgan fingerprint density at radius 3 is 1.94 bits per heavy atom. The number of likely N-dealkylation sites (tertiary alicyclic amines) is 3. The molecule has 5 aliphatic heterocycles. The molecule has 13 nitrogen and oxygen atoms in total. The highest BCUT2D eigenvalue weighted by atomic mass is 16.7. The summed E-state index contributed by atoms with van der Waals surface area (Å²) < 4.78 is 18.7. The van der Waals surface area contributed by atoms with E-state index >= 15 is 4.79 Å². The minimum atomic E-state index is -1.07. The molecule has 6 rings (SSSR count). The van der Waals surface area contributed by atoms with Crippen LogP contribution in [0, 0.1) is 23.7 Å². The van der Waals surface area contributed by atoms with Crippen LogP contribution in [0.1, 0.15) is 136 Å². The van der Waals surface area contributed by atoms with Gasteiger partial charge in [0.1, 0.15) is 6.10 Å². The van der Waals surface area contributed by atoms with Gasteiger partial charge in [0.2, 0.25) is 0 Å². The highest BCUT2D eigenvalue weighted by molar-refractivity contribution is 5.92. The van der Waals surface area contributed by atoms with Gasteiger partial charge in [-0.15, -0.1) is 0 Å². The largest absolute Gasteiger partial charge is 0.465 e. The molecule has 3 unspecified atom stereocenters. The molecule has 0 amide bonds. The Morgan fingerprint density at radius 2 is 1.34 bits per heavy atom. The number of likely N-dealkylation sites (N-methyl/N-ethyl adjacent to an activating group) is 1. The summed E-state index contributed by atoms with van der Waals surface area (Å²) in [5.74, 6) is -1.04. The summed E-state index contributed by atoms with van der Waals surface area (Å²) in [7, 11) is 5.78. The van der Waals surface area contributed by atoms with Gasteiger partial charge in [-0.2, -0.15) is 0 Å². The molecular formula is C58H97N5O8. The maximum Gasteiger partial charge on any atom is 0.308 e. The monoisotopic (exact) mass is 992 g/mol. The first-order valence-corrected chi connectivity index (χ1v) is 28.2. The molecule has 0 aromatic heterocycles. The molecule has 13 atom stereocenters. The van der Waals surface area contributed by atoms with Crippen molar-refractivity contribution in [3.8, 4) is 0 Å². The number of aliphatic hydroxyl groups is 3. The van der Waals surface area contributed by atoms with Crippen LogP contribution in [0.25, 0.3) is 0 Å². The van der Waals surface area contributed by atoms with Crippen molar-refractivity contribution in [3.63, 3.8) is 0 Å². The van der Waals surface area contributed by atoms with E-state index in [2.05, 4.69) is 83.8 Å². The molecule has 1 aromatic carbocycles. The molecule has 3 N–H and O–H groups in total. The highest BCUT2D eigenvalue weighted by Gasteiger charge is 2.45. The Hall–Kier alpha value is -2.56. The molecule has 5 aliphatic rings. The summed E-state index contributed by atoms with van der Waals surface area (Å²) in [6.45, 7) is 16.7. The van der Waals surface area contributed by atoms with Crippen LogP contribution in [0.4, 0.5) is 0 Å². The summed E-state index contributed by atoms with van der Waals surface area (Å²) >= 11 is 0. The topological polar surface area (TPSA) is 139 Å². The van der Waals surface area contributed by atoms with Gasteiger partial charge >= 0.3 is 5.97 Å². The zero-order valence-electron chi connectivity index (χ0n) is 45.1. The molecule has 4 saturated heterocycles. The second kappa shape index (κ2) is 29.5. The smallest absolute Gasteiger partial charge is 0.308 e. The third-order valence-electron chi connectivity index (χ3n) is 17.0. The zero-order valence-corrected chi connectivity index (χ0v) is 45.1. The fraction of sp³-hybridized carbons (Fsp3) is 0.793. The van der Waals surface area contributed by atoms with Gasteiger partial charge < -0.3 is 54.0 Å². The number of hydrogen-bond acceptors (Lipinski definition) is 13. The van der Waals surface area contributed by atoms with E-state index in [1.165, 1.54) is 50.5 Å². The number of ether oxygens (including phenoxy) is 3. The number of esters is 1. The minimum absolute atomic E-state index is 0.115. The van der Waals surface area contributed by atoms with Crippen LogP contribution in [0.3, 0.4) is 0 Å². The lowest BCUT2D eigenvalue weighted by molar-refractivity contribution is -0.281. The maximum atomic E-state index is 15.0. The molecule has 4 fully saturated rings. The van der Waals surface area contributed by atoms with Gasteiger partial charge in [0.25, 0.3) is 0 Å². The van der Waals surface area contributed by atoms with Crippen molar-refractivity contribution in [1.29, 1.82) is 0 Å². The normalized spacial score (nSPS) is 33.5. The second-order valence-corrected chi connectivity index (χ2v) is 22.9. The van der Waals surface area contributed by atoms with Gasteiger partial charge in [0, 0.05) is 43.1 Å². The summed E-state index contributed by atoms with van der Waals surface area (Å²) in [5, 5.41) is 34.9. The quantitative estimate of drug-likeness (QED) is 0.127. The van der Waals surface area contributed by atoms with Crippen LogP contribution in [0.5, 0.6) is 0 Å². The van der Waals surface area contributed by atoms with Gasteiger partial charge in [0.15, 0.2) is 12.1 Å². The van der Waals surface area contributed by atoms with Crippen molar-refractivity contribution in [2.75, 3.05) is 80.2 Å². The number of carbonyl (C=O) groups excluding carboxylic acids is 2. The number of cyclic esters (lactones) is 1. The Bertz CT molecular complexity index is 1770. The zero-order chi connectivity index (χ0) is 50.9. The van der Waals surface area contributed by atoms with E-state index in [1.807, 2.05) is 31.1 Å². The van der Waals surface area contributed by atoms with Crippen molar-refractivity contribution >= 4 is 11.8 Å². The first-order valence-electron chi connectivity index (χ1n) is 28.2. The van der Waals surface area contributed by atoms with Crippen LogP contribution >= 0.6 is 0 Å². The lowest BCUT2D eigenvalue weighted by Crippen LogP contribution is -2.62. The predicted octanol–water partition coefficient (Wildman–Crippen LogP) is 7.32. The van der Waals surface area contributed by atoms with E-state index in [-0.39, 0.29) is 67.2 Å². The first-order chi connectivity index (χ1) is 34.2. The molecule has 71 heavy (non-hydrogen) atoms. The minimum Gasteiger partial charge on any atom is -0.465 e. The van der Waals surface area contributed by atoms with E-state index in [0.717, 1.165) is 77.1 Å². The number of carbonyl (C=O) groups is 2. The number of rotatable bonds is 18. The van der Waals surface area contributed by atoms with Crippen molar-refractivity contribution in [2.24, 2.45) is 23.7 Å². The van der Waals surface area contributed by atoms with Crippen molar-refractivity contribution in [3.05, 3.63) is 59.7 Å². The van der Waals surface area contributed by atoms with Crippen LogP contribution in [-0.4, -0.2) is 187 Å². The number of benzene rings is 1. The fourth-order valence-corrected chi connectivity index (χ4v) is 12.7. The van der Waals surface area contributed by atoms with Crippen molar-refractivity contribution < 1.29 is 39.1 Å². The average molecular weight is 992 g/mol. The Labute approximate surface area is 429 Å². The predicted molar refractivity (Wildman–Crippen MR) is 283 cm³/mol. The number of nitrogens with zero attached hydrogens (tertiary/aromatic N) is 5. The average Bonchev–Trinajstić information content (AvgIpc) is 3.36.